The standard InChI is InChI=1S/C12H16N4O/c1-16(7-6-13)12-3-2-11(14-15-12)10-4-8-17-9-5-10/h2-3,10H,4-5,7-9H2,1H3. The van der Waals surface area contributed by atoms with Crippen molar-refractivity contribution in [3.8, 4) is 6.07 Å². The Kier molecular flexibility index (Phi) is 3.89. The first-order chi connectivity index (χ1) is 8.31. The monoisotopic (exact) mass is 232 g/mol. The summed E-state index contributed by atoms with van der Waals surface area (Å²) in [5.41, 5.74) is 1.03. The van der Waals surface area contributed by atoms with Gasteiger partial charge < -0.3 is 9.64 Å². The van der Waals surface area contributed by atoms with Crippen molar-refractivity contribution in [2.75, 3.05) is 31.7 Å². The molecule has 0 aromatic carbocycles. The second kappa shape index (κ2) is 5.60. The van der Waals surface area contributed by atoms with Crippen molar-refractivity contribution in [3.63, 3.8) is 0 Å². The smallest absolute Gasteiger partial charge is 0.151 e. The SMILES string of the molecule is CN(CC#N)c1ccc(C2CCOCC2)nn1. The summed E-state index contributed by atoms with van der Waals surface area (Å²) in [5.74, 6) is 1.20. The molecule has 0 unspecified atom stereocenters. The first-order valence-electron chi connectivity index (χ1n) is 5.80. The summed E-state index contributed by atoms with van der Waals surface area (Å²) in [6.07, 6.45) is 2.03. The maximum atomic E-state index is 8.60. The molecule has 0 aliphatic carbocycles. The van der Waals surface area contributed by atoms with Crippen molar-refractivity contribution in [3.05, 3.63) is 17.8 Å². The van der Waals surface area contributed by atoms with E-state index in [-0.39, 0.29) is 0 Å². The summed E-state index contributed by atoms with van der Waals surface area (Å²) in [7, 11) is 1.83. The number of hydrogen-bond donors (Lipinski definition) is 0. The highest BCUT2D eigenvalue weighted by Gasteiger charge is 2.17. The number of nitrogens with zero attached hydrogens (tertiary/aromatic N) is 4. The van der Waals surface area contributed by atoms with Crippen LogP contribution < -0.4 is 4.90 Å². The summed E-state index contributed by atoms with van der Waals surface area (Å²) >= 11 is 0. The summed E-state index contributed by atoms with van der Waals surface area (Å²) in [6.45, 7) is 1.94. The van der Waals surface area contributed by atoms with Crippen LogP contribution in [0.3, 0.4) is 0 Å². The third-order valence-corrected chi connectivity index (χ3v) is 3.01. The predicted molar refractivity (Wildman–Crippen MR) is 63.7 cm³/mol. The molecule has 0 atom stereocenters. The maximum Gasteiger partial charge on any atom is 0.151 e. The van der Waals surface area contributed by atoms with Gasteiger partial charge in [0.15, 0.2) is 5.82 Å². The summed E-state index contributed by atoms with van der Waals surface area (Å²) in [4.78, 5) is 1.78. The van der Waals surface area contributed by atoms with E-state index in [0.717, 1.165) is 37.6 Å². The van der Waals surface area contributed by atoms with Crippen molar-refractivity contribution < 1.29 is 4.74 Å². The van der Waals surface area contributed by atoms with Crippen molar-refractivity contribution in [2.24, 2.45) is 0 Å². The third kappa shape index (κ3) is 2.92. The van der Waals surface area contributed by atoms with Gasteiger partial charge in [-0.25, -0.2) is 0 Å². The van der Waals surface area contributed by atoms with E-state index in [2.05, 4.69) is 16.3 Å². The topological polar surface area (TPSA) is 62.0 Å². The average Bonchev–Trinajstić information content (AvgIpc) is 2.40. The highest BCUT2D eigenvalue weighted by atomic mass is 16.5. The number of hydrogen-bond acceptors (Lipinski definition) is 5. The lowest BCUT2D eigenvalue weighted by Crippen LogP contribution is -2.20. The molecule has 1 saturated heterocycles. The van der Waals surface area contributed by atoms with Gasteiger partial charge in [-0.15, -0.1) is 5.10 Å². The number of aromatic nitrogens is 2. The molecule has 1 aromatic heterocycles. The highest BCUT2D eigenvalue weighted by molar-refractivity contribution is 5.37. The molecular weight excluding hydrogens is 216 g/mol. The predicted octanol–water partition coefficient (Wildman–Crippen LogP) is 1.33. The van der Waals surface area contributed by atoms with Gasteiger partial charge in [-0.1, -0.05) is 0 Å². The molecule has 5 heteroatoms. The molecule has 17 heavy (non-hydrogen) atoms. The van der Waals surface area contributed by atoms with E-state index in [0.29, 0.717) is 12.5 Å². The quantitative estimate of drug-likeness (QED) is 0.736. The average molecular weight is 232 g/mol. The van der Waals surface area contributed by atoms with Gasteiger partial charge in [0.25, 0.3) is 0 Å². The van der Waals surface area contributed by atoms with E-state index >= 15 is 0 Å². The molecule has 1 aliphatic rings. The van der Waals surface area contributed by atoms with Crippen molar-refractivity contribution in [1.29, 1.82) is 5.26 Å². The molecule has 1 fully saturated rings. The van der Waals surface area contributed by atoms with E-state index < -0.39 is 0 Å². The van der Waals surface area contributed by atoms with E-state index in [1.54, 1.807) is 4.90 Å². The lowest BCUT2D eigenvalue weighted by Gasteiger charge is -2.21. The highest BCUT2D eigenvalue weighted by Crippen LogP contribution is 2.25. The zero-order chi connectivity index (χ0) is 12.1. The third-order valence-electron chi connectivity index (χ3n) is 3.01. The van der Waals surface area contributed by atoms with Crippen molar-refractivity contribution in [2.45, 2.75) is 18.8 Å². The fraction of sp³-hybridized carbons (Fsp3) is 0.583. The van der Waals surface area contributed by atoms with Crippen LogP contribution in [0.4, 0.5) is 5.82 Å². The van der Waals surface area contributed by atoms with E-state index in [1.807, 2.05) is 19.2 Å². The maximum absolute atomic E-state index is 8.60. The lowest BCUT2D eigenvalue weighted by molar-refractivity contribution is 0.0843. The molecule has 1 aliphatic heterocycles. The molecule has 0 spiro atoms. The minimum atomic E-state index is 0.325. The van der Waals surface area contributed by atoms with Gasteiger partial charge in [0.1, 0.15) is 6.54 Å². The Balaban J connectivity index is 2.04. The van der Waals surface area contributed by atoms with E-state index in [4.69, 9.17) is 10.00 Å². The van der Waals surface area contributed by atoms with E-state index in [1.165, 1.54) is 0 Å². The van der Waals surface area contributed by atoms with Crippen LogP contribution in [-0.4, -0.2) is 37.0 Å². The molecular formula is C12H16N4O. The van der Waals surface area contributed by atoms with Crippen LogP contribution in [0.25, 0.3) is 0 Å². The largest absolute Gasteiger partial charge is 0.381 e. The molecule has 2 heterocycles. The van der Waals surface area contributed by atoms with Crippen LogP contribution in [-0.2, 0) is 4.74 Å². The van der Waals surface area contributed by atoms with Gasteiger partial charge in [-0.2, -0.15) is 10.4 Å². The van der Waals surface area contributed by atoms with Gasteiger partial charge in [-0.3, -0.25) is 0 Å². The van der Waals surface area contributed by atoms with Crippen LogP contribution in [0.2, 0.25) is 0 Å². The number of nitriles is 1. The molecule has 1 aromatic rings. The Morgan fingerprint density at radius 3 is 2.76 bits per heavy atom. The first-order valence-corrected chi connectivity index (χ1v) is 5.80. The van der Waals surface area contributed by atoms with Gasteiger partial charge in [-0.05, 0) is 25.0 Å². The number of ether oxygens (including phenoxy) is 1. The normalized spacial score (nSPS) is 16.5. The van der Waals surface area contributed by atoms with Gasteiger partial charge >= 0.3 is 0 Å². The summed E-state index contributed by atoms with van der Waals surface area (Å²) in [5, 5.41) is 17.0. The molecule has 90 valence electrons. The van der Waals surface area contributed by atoms with Crippen LogP contribution in [0.1, 0.15) is 24.5 Å². The Bertz CT molecular complexity index is 392. The Labute approximate surface area is 101 Å². The van der Waals surface area contributed by atoms with Crippen molar-refractivity contribution in [1.82, 2.24) is 10.2 Å². The van der Waals surface area contributed by atoms with Crippen LogP contribution in [0, 0.1) is 11.3 Å². The molecule has 0 bridgehead atoms. The second-order valence-corrected chi connectivity index (χ2v) is 4.22. The lowest BCUT2D eigenvalue weighted by atomic mass is 9.96. The Morgan fingerprint density at radius 1 is 1.41 bits per heavy atom. The summed E-state index contributed by atoms with van der Waals surface area (Å²) in [6, 6.07) is 6.02. The first kappa shape index (κ1) is 11.8. The number of rotatable bonds is 3. The Morgan fingerprint density at radius 2 is 2.18 bits per heavy atom. The second-order valence-electron chi connectivity index (χ2n) is 4.22. The Hall–Kier alpha value is -1.67. The minimum Gasteiger partial charge on any atom is -0.381 e. The molecule has 5 nitrogen and oxygen atoms in total. The number of anilines is 1. The van der Waals surface area contributed by atoms with Crippen molar-refractivity contribution >= 4 is 5.82 Å². The molecule has 0 saturated carbocycles. The zero-order valence-corrected chi connectivity index (χ0v) is 9.96. The molecule has 0 N–H and O–H groups in total. The molecule has 2 rings (SSSR count). The fourth-order valence-electron chi connectivity index (χ4n) is 1.94. The molecule has 0 radical (unpaired) electrons. The fourth-order valence-corrected chi connectivity index (χ4v) is 1.94. The van der Waals surface area contributed by atoms with Gasteiger partial charge in [0.05, 0.1) is 11.8 Å². The zero-order valence-electron chi connectivity index (χ0n) is 9.96. The van der Waals surface area contributed by atoms with Gasteiger partial charge in [0, 0.05) is 26.2 Å². The van der Waals surface area contributed by atoms with Crippen LogP contribution in [0.5, 0.6) is 0 Å². The van der Waals surface area contributed by atoms with Gasteiger partial charge in [0.2, 0.25) is 0 Å². The molecule has 0 amide bonds. The van der Waals surface area contributed by atoms with E-state index in [9.17, 15) is 0 Å². The minimum absolute atomic E-state index is 0.325. The van der Waals surface area contributed by atoms with Crippen LogP contribution in [0.15, 0.2) is 12.1 Å². The van der Waals surface area contributed by atoms with Crippen LogP contribution >= 0.6 is 0 Å². The summed E-state index contributed by atoms with van der Waals surface area (Å²) < 4.78 is 5.32.